The van der Waals surface area contributed by atoms with Crippen LogP contribution in [-0.2, 0) is 0 Å². The van der Waals surface area contributed by atoms with Gasteiger partial charge in [-0.25, -0.2) is 4.39 Å². The van der Waals surface area contributed by atoms with E-state index in [-0.39, 0.29) is 36.7 Å². The molecular formula is C13H17BrCl2FN3. The third kappa shape index (κ3) is 4.87. The molecule has 0 unspecified atom stereocenters. The first-order chi connectivity index (χ1) is 8.72. The Kier molecular flexibility index (Phi) is 9.36. The Labute approximate surface area is 139 Å². The van der Waals surface area contributed by atoms with E-state index in [0.29, 0.717) is 6.42 Å². The number of nitriles is 1. The highest BCUT2D eigenvalue weighted by atomic mass is 79.9. The molecule has 1 heterocycles. The summed E-state index contributed by atoms with van der Waals surface area (Å²) in [6.45, 7) is 3.59. The Morgan fingerprint density at radius 2 is 2.00 bits per heavy atom. The Morgan fingerprint density at radius 1 is 1.35 bits per heavy atom. The van der Waals surface area contributed by atoms with Crippen molar-refractivity contribution in [2.24, 2.45) is 0 Å². The van der Waals surface area contributed by atoms with Crippen molar-refractivity contribution in [2.45, 2.75) is 12.5 Å². The van der Waals surface area contributed by atoms with Crippen LogP contribution >= 0.6 is 40.7 Å². The van der Waals surface area contributed by atoms with Gasteiger partial charge in [0, 0.05) is 36.7 Å². The van der Waals surface area contributed by atoms with Gasteiger partial charge in [0.1, 0.15) is 5.82 Å². The lowest BCUT2D eigenvalue weighted by atomic mass is 10.0. The zero-order valence-corrected chi connectivity index (χ0v) is 14.0. The minimum atomic E-state index is -0.258. The monoisotopic (exact) mass is 383 g/mol. The molecule has 0 bridgehead atoms. The third-order valence-electron chi connectivity index (χ3n) is 3.19. The zero-order chi connectivity index (χ0) is 13.0. The molecule has 0 amide bonds. The van der Waals surface area contributed by atoms with Crippen LogP contribution in [0.3, 0.4) is 0 Å². The van der Waals surface area contributed by atoms with Crippen molar-refractivity contribution in [3.05, 3.63) is 34.1 Å². The molecule has 1 aliphatic rings. The SMILES string of the molecule is Cl.Cl.N#CC[C@@H](c1cc(F)ccc1Br)N1CCNCC1. The highest BCUT2D eigenvalue weighted by Crippen LogP contribution is 2.31. The predicted molar refractivity (Wildman–Crippen MR) is 86.0 cm³/mol. The second-order valence-corrected chi connectivity index (χ2v) is 5.18. The van der Waals surface area contributed by atoms with Crippen LogP contribution in [0.5, 0.6) is 0 Å². The van der Waals surface area contributed by atoms with Crippen LogP contribution in [0.2, 0.25) is 0 Å². The fourth-order valence-electron chi connectivity index (χ4n) is 2.29. The molecule has 0 aliphatic carbocycles. The lowest BCUT2D eigenvalue weighted by Gasteiger charge is -2.34. The number of benzene rings is 1. The summed E-state index contributed by atoms with van der Waals surface area (Å²) in [7, 11) is 0. The van der Waals surface area contributed by atoms with Crippen LogP contribution in [-0.4, -0.2) is 31.1 Å². The molecule has 20 heavy (non-hydrogen) atoms. The fraction of sp³-hybridized carbons (Fsp3) is 0.462. The molecule has 7 heteroatoms. The smallest absolute Gasteiger partial charge is 0.123 e. The first-order valence-corrected chi connectivity index (χ1v) is 6.78. The number of rotatable bonds is 3. The van der Waals surface area contributed by atoms with Crippen LogP contribution < -0.4 is 5.32 Å². The van der Waals surface area contributed by atoms with Crippen LogP contribution in [0.4, 0.5) is 4.39 Å². The molecule has 1 saturated heterocycles. The Hall–Kier alpha value is -0.380. The lowest BCUT2D eigenvalue weighted by molar-refractivity contribution is 0.175. The highest BCUT2D eigenvalue weighted by Gasteiger charge is 2.24. The molecule has 0 radical (unpaired) electrons. The van der Waals surface area contributed by atoms with E-state index in [9.17, 15) is 4.39 Å². The number of piperazine rings is 1. The van der Waals surface area contributed by atoms with Gasteiger partial charge in [-0.2, -0.15) is 5.26 Å². The van der Waals surface area contributed by atoms with Gasteiger partial charge in [-0.1, -0.05) is 15.9 Å². The van der Waals surface area contributed by atoms with Gasteiger partial charge in [0.15, 0.2) is 0 Å². The highest BCUT2D eigenvalue weighted by molar-refractivity contribution is 9.10. The molecule has 1 aromatic carbocycles. The van der Waals surface area contributed by atoms with E-state index in [2.05, 4.69) is 32.2 Å². The second-order valence-electron chi connectivity index (χ2n) is 4.33. The van der Waals surface area contributed by atoms with Crippen LogP contribution in [0.25, 0.3) is 0 Å². The molecule has 1 aliphatic heterocycles. The summed E-state index contributed by atoms with van der Waals surface area (Å²) in [5.41, 5.74) is 0.860. The maximum Gasteiger partial charge on any atom is 0.123 e. The summed E-state index contributed by atoms with van der Waals surface area (Å²) < 4.78 is 14.2. The third-order valence-corrected chi connectivity index (χ3v) is 3.92. The average molecular weight is 385 g/mol. The standard InChI is InChI=1S/C13H15BrFN3.2ClH/c14-12-2-1-10(15)9-11(12)13(3-4-16)18-7-5-17-6-8-18;;/h1-2,9,13,17H,3,5-8H2;2*1H/t13-;;/m0../s1. The molecule has 112 valence electrons. The van der Waals surface area contributed by atoms with Crippen LogP contribution in [0.1, 0.15) is 18.0 Å². The Bertz CT molecular complexity index is 461. The Balaban J connectivity index is 0.00000180. The minimum absolute atomic E-state index is 0. The molecule has 1 aromatic rings. The summed E-state index contributed by atoms with van der Waals surface area (Å²) in [6, 6.07) is 6.82. The average Bonchev–Trinajstić information content (AvgIpc) is 2.40. The van der Waals surface area contributed by atoms with E-state index in [1.54, 1.807) is 6.07 Å². The van der Waals surface area contributed by atoms with E-state index < -0.39 is 0 Å². The fourth-order valence-corrected chi connectivity index (χ4v) is 2.80. The molecule has 0 aromatic heterocycles. The first kappa shape index (κ1) is 19.6. The van der Waals surface area contributed by atoms with Gasteiger partial charge in [-0.15, -0.1) is 24.8 Å². The summed E-state index contributed by atoms with van der Waals surface area (Å²) in [6.07, 6.45) is 0.377. The van der Waals surface area contributed by atoms with Gasteiger partial charge >= 0.3 is 0 Å². The van der Waals surface area contributed by atoms with Crippen molar-refractivity contribution in [1.29, 1.82) is 5.26 Å². The zero-order valence-electron chi connectivity index (χ0n) is 10.8. The molecule has 1 atom stereocenters. The van der Waals surface area contributed by atoms with E-state index in [0.717, 1.165) is 36.2 Å². The van der Waals surface area contributed by atoms with E-state index in [1.807, 2.05) is 0 Å². The first-order valence-electron chi connectivity index (χ1n) is 5.99. The normalized spacial score (nSPS) is 16.4. The van der Waals surface area contributed by atoms with Crippen molar-refractivity contribution < 1.29 is 4.39 Å². The number of hydrogen-bond donors (Lipinski definition) is 1. The van der Waals surface area contributed by atoms with E-state index in [4.69, 9.17) is 5.26 Å². The Morgan fingerprint density at radius 3 is 2.60 bits per heavy atom. The van der Waals surface area contributed by atoms with E-state index in [1.165, 1.54) is 12.1 Å². The van der Waals surface area contributed by atoms with Crippen molar-refractivity contribution in [2.75, 3.05) is 26.2 Å². The summed E-state index contributed by atoms with van der Waals surface area (Å²) in [4.78, 5) is 2.24. The quantitative estimate of drug-likeness (QED) is 0.868. The van der Waals surface area contributed by atoms with Gasteiger partial charge in [0.05, 0.1) is 12.5 Å². The largest absolute Gasteiger partial charge is 0.314 e. The molecule has 1 N–H and O–H groups in total. The topological polar surface area (TPSA) is 39.1 Å². The van der Waals surface area contributed by atoms with Gasteiger partial charge in [0.25, 0.3) is 0 Å². The second kappa shape index (κ2) is 9.54. The van der Waals surface area contributed by atoms with Gasteiger partial charge in [-0.3, -0.25) is 4.90 Å². The number of hydrogen-bond acceptors (Lipinski definition) is 3. The van der Waals surface area contributed by atoms with Crippen LogP contribution in [0, 0.1) is 17.1 Å². The maximum atomic E-state index is 13.4. The number of nitrogens with one attached hydrogen (secondary N) is 1. The van der Waals surface area contributed by atoms with Crippen molar-refractivity contribution in [1.82, 2.24) is 10.2 Å². The number of nitrogens with zero attached hydrogens (tertiary/aromatic N) is 2. The lowest BCUT2D eigenvalue weighted by Crippen LogP contribution is -2.45. The molecule has 1 fully saturated rings. The predicted octanol–water partition coefficient (Wildman–Crippen LogP) is 3.29. The van der Waals surface area contributed by atoms with Crippen molar-refractivity contribution >= 4 is 40.7 Å². The molecular weight excluding hydrogens is 368 g/mol. The molecule has 0 saturated carbocycles. The van der Waals surface area contributed by atoms with Crippen molar-refractivity contribution in [3.8, 4) is 6.07 Å². The van der Waals surface area contributed by atoms with E-state index >= 15 is 0 Å². The molecule has 0 spiro atoms. The minimum Gasteiger partial charge on any atom is -0.314 e. The van der Waals surface area contributed by atoms with Gasteiger partial charge in [0.2, 0.25) is 0 Å². The summed E-state index contributed by atoms with van der Waals surface area (Å²) in [5.74, 6) is -0.258. The summed E-state index contributed by atoms with van der Waals surface area (Å²) in [5, 5.41) is 12.3. The van der Waals surface area contributed by atoms with Crippen LogP contribution in [0.15, 0.2) is 22.7 Å². The van der Waals surface area contributed by atoms with Gasteiger partial charge < -0.3 is 5.32 Å². The summed E-state index contributed by atoms with van der Waals surface area (Å²) >= 11 is 3.45. The van der Waals surface area contributed by atoms with Gasteiger partial charge in [-0.05, 0) is 23.8 Å². The molecule has 3 nitrogen and oxygen atoms in total. The molecule has 2 rings (SSSR count). The van der Waals surface area contributed by atoms with Crippen molar-refractivity contribution in [3.63, 3.8) is 0 Å². The number of halogens is 4. The maximum absolute atomic E-state index is 13.4.